The number of carbonyl (C=O) groups is 1. The molecular formula is C20H23FN4O2. The second-order valence-electron chi connectivity index (χ2n) is 6.90. The number of hydrogen-bond acceptors (Lipinski definition) is 5. The fraction of sp³-hybridized carbons (Fsp3) is 0.350. The van der Waals surface area contributed by atoms with Gasteiger partial charge in [0.15, 0.2) is 5.78 Å². The minimum absolute atomic E-state index is 0.0141. The summed E-state index contributed by atoms with van der Waals surface area (Å²) in [6, 6.07) is 8.09. The van der Waals surface area contributed by atoms with Gasteiger partial charge in [-0.2, -0.15) is 0 Å². The van der Waals surface area contributed by atoms with Crippen molar-refractivity contribution >= 4 is 5.78 Å². The summed E-state index contributed by atoms with van der Waals surface area (Å²) in [5.41, 5.74) is 7.11. The van der Waals surface area contributed by atoms with Crippen LogP contribution in [0.2, 0.25) is 0 Å². The molecule has 0 aliphatic heterocycles. The molecule has 0 aliphatic carbocycles. The first-order valence-corrected chi connectivity index (χ1v) is 9.00. The Kier molecular flexibility index (Phi) is 5.81. The van der Waals surface area contributed by atoms with Crippen LogP contribution in [0.5, 0.6) is 0 Å². The Morgan fingerprint density at radius 3 is 2.81 bits per heavy atom. The second-order valence-corrected chi connectivity index (χ2v) is 6.90. The van der Waals surface area contributed by atoms with Gasteiger partial charge in [-0.05, 0) is 31.9 Å². The third-order valence-electron chi connectivity index (χ3n) is 4.59. The van der Waals surface area contributed by atoms with Crippen LogP contribution in [0.25, 0.3) is 11.3 Å². The van der Waals surface area contributed by atoms with Crippen molar-refractivity contribution < 1.29 is 13.7 Å². The molecule has 7 heteroatoms. The number of Topliss-reactive ketones (excluding diaryl/α,β-unsaturated/α-hetero) is 1. The van der Waals surface area contributed by atoms with E-state index in [9.17, 15) is 9.18 Å². The van der Waals surface area contributed by atoms with Gasteiger partial charge in [0.1, 0.15) is 23.6 Å². The zero-order valence-electron chi connectivity index (χ0n) is 15.2. The van der Waals surface area contributed by atoms with Gasteiger partial charge in [0.2, 0.25) is 0 Å². The van der Waals surface area contributed by atoms with Gasteiger partial charge < -0.3 is 15.2 Å². The number of nitrogens with zero attached hydrogens (tertiary/aromatic N) is 2. The van der Waals surface area contributed by atoms with E-state index in [1.165, 1.54) is 12.3 Å². The topological polar surface area (TPSA) is 97.8 Å². The number of rotatable bonds is 9. The van der Waals surface area contributed by atoms with Gasteiger partial charge in [-0.3, -0.25) is 4.79 Å². The summed E-state index contributed by atoms with van der Waals surface area (Å²) in [5.74, 6) is 0.297. The molecule has 142 valence electrons. The quantitative estimate of drug-likeness (QED) is 0.434. The molecule has 2 heterocycles. The number of nitrogens with one attached hydrogen (secondary N) is 1. The number of aromatic nitrogens is 3. The molecule has 27 heavy (non-hydrogen) atoms. The molecule has 0 radical (unpaired) electrons. The Bertz CT molecular complexity index is 887. The summed E-state index contributed by atoms with van der Waals surface area (Å²) in [4.78, 5) is 19.4. The monoisotopic (exact) mass is 370 g/mol. The highest BCUT2D eigenvalue weighted by molar-refractivity contribution is 5.93. The van der Waals surface area contributed by atoms with Gasteiger partial charge in [-0.15, -0.1) is 0 Å². The van der Waals surface area contributed by atoms with E-state index in [1.54, 1.807) is 30.5 Å². The number of nitrogens with two attached hydrogens (primary N) is 1. The first-order valence-electron chi connectivity index (χ1n) is 9.00. The van der Waals surface area contributed by atoms with Crippen LogP contribution in [-0.4, -0.2) is 20.9 Å². The summed E-state index contributed by atoms with van der Waals surface area (Å²) in [6.07, 6.45) is 6.70. The molecule has 2 aromatic heterocycles. The van der Waals surface area contributed by atoms with Crippen molar-refractivity contribution in [3.05, 3.63) is 60.1 Å². The van der Waals surface area contributed by atoms with Crippen molar-refractivity contribution in [2.24, 2.45) is 5.73 Å². The van der Waals surface area contributed by atoms with Crippen molar-refractivity contribution in [3.63, 3.8) is 0 Å². The molecule has 0 spiro atoms. The lowest BCUT2D eigenvalue weighted by Gasteiger charge is -2.22. The van der Waals surface area contributed by atoms with E-state index >= 15 is 0 Å². The molecule has 0 bridgehead atoms. The number of halogens is 1. The van der Waals surface area contributed by atoms with Crippen LogP contribution in [0.1, 0.15) is 55.3 Å². The van der Waals surface area contributed by atoms with Crippen molar-refractivity contribution in [2.75, 3.05) is 0 Å². The minimum atomic E-state index is -0.653. The van der Waals surface area contributed by atoms with Crippen molar-refractivity contribution in [1.29, 1.82) is 0 Å². The summed E-state index contributed by atoms with van der Waals surface area (Å²) in [7, 11) is 0. The van der Waals surface area contributed by atoms with Crippen LogP contribution >= 0.6 is 0 Å². The fourth-order valence-corrected chi connectivity index (χ4v) is 2.98. The lowest BCUT2D eigenvalue weighted by atomic mass is 9.94. The number of unbranched alkanes of at least 4 members (excludes halogenated alkanes) is 2. The highest BCUT2D eigenvalue weighted by Gasteiger charge is 2.25. The third-order valence-corrected chi connectivity index (χ3v) is 4.59. The number of carbonyl (C=O) groups excluding carboxylic acids is 1. The number of hydrogen-bond donors (Lipinski definition) is 2. The maximum atomic E-state index is 13.9. The SMILES string of the molecule is CC(N)(CCCCCC(=O)c1ccon1)c1nc(-c2ccccc2F)c[nH]1. The van der Waals surface area contributed by atoms with Crippen LogP contribution in [0, 0.1) is 5.82 Å². The number of imidazole rings is 1. The van der Waals surface area contributed by atoms with E-state index < -0.39 is 5.54 Å². The van der Waals surface area contributed by atoms with Gasteiger partial charge in [-0.25, -0.2) is 9.37 Å². The number of benzene rings is 1. The predicted molar refractivity (Wildman–Crippen MR) is 99.4 cm³/mol. The molecule has 0 aliphatic rings. The lowest BCUT2D eigenvalue weighted by Crippen LogP contribution is -2.34. The molecule has 0 fully saturated rings. The van der Waals surface area contributed by atoms with Crippen LogP contribution in [0.3, 0.4) is 0 Å². The van der Waals surface area contributed by atoms with E-state index in [4.69, 9.17) is 5.73 Å². The largest absolute Gasteiger partial charge is 0.364 e. The van der Waals surface area contributed by atoms with Crippen LogP contribution < -0.4 is 5.73 Å². The molecule has 6 nitrogen and oxygen atoms in total. The fourth-order valence-electron chi connectivity index (χ4n) is 2.98. The molecule has 1 aromatic carbocycles. The van der Waals surface area contributed by atoms with Gasteiger partial charge >= 0.3 is 0 Å². The summed E-state index contributed by atoms with van der Waals surface area (Å²) in [6.45, 7) is 1.90. The van der Waals surface area contributed by atoms with Crippen molar-refractivity contribution in [1.82, 2.24) is 15.1 Å². The van der Waals surface area contributed by atoms with Gasteiger partial charge in [0, 0.05) is 24.2 Å². The van der Waals surface area contributed by atoms with E-state index in [2.05, 4.69) is 19.6 Å². The lowest BCUT2D eigenvalue weighted by molar-refractivity contribution is 0.0970. The standard InChI is InChI=1S/C20H23FN4O2/c1-20(22,11-6-2-3-9-18(26)16-10-12-27-25-16)19-23-13-17(24-19)14-7-4-5-8-15(14)21/h4-5,7-8,10,12-13H,2-3,6,9,11,22H2,1H3,(H,23,24). The summed E-state index contributed by atoms with van der Waals surface area (Å²) in [5, 5.41) is 3.64. The minimum Gasteiger partial charge on any atom is -0.364 e. The third kappa shape index (κ3) is 4.68. The zero-order chi connectivity index (χ0) is 19.3. The van der Waals surface area contributed by atoms with Gasteiger partial charge in [0.05, 0.1) is 11.2 Å². The average molecular weight is 370 g/mol. The Hall–Kier alpha value is -2.80. The van der Waals surface area contributed by atoms with Crippen LogP contribution in [0.4, 0.5) is 4.39 Å². The van der Waals surface area contributed by atoms with Gasteiger partial charge in [-0.1, -0.05) is 30.1 Å². The highest BCUT2D eigenvalue weighted by atomic mass is 19.1. The number of ketones is 1. The Morgan fingerprint density at radius 2 is 2.07 bits per heavy atom. The van der Waals surface area contributed by atoms with Crippen molar-refractivity contribution in [2.45, 2.75) is 44.6 Å². The Balaban J connectivity index is 1.50. The van der Waals surface area contributed by atoms with Crippen LogP contribution in [0.15, 0.2) is 47.3 Å². The summed E-state index contributed by atoms with van der Waals surface area (Å²) >= 11 is 0. The number of H-pyrrole nitrogens is 1. The van der Waals surface area contributed by atoms with E-state index in [0.717, 1.165) is 19.3 Å². The second kappa shape index (κ2) is 8.26. The van der Waals surface area contributed by atoms with Crippen molar-refractivity contribution in [3.8, 4) is 11.3 Å². The van der Waals surface area contributed by atoms with E-state index in [-0.39, 0.29) is 11.6 Å². The maximum Gasteiger partial charge on any atom is 0.184 e. The first kappa shape index (κ1) is 19.0. The molecule has 1 atom stereocenters. The van der Waals surface area contributed by atoms with E-state index in [1.807, 2.05) is 6.92 Å². The predicted octanol–water partition coefficient (Wildman–Crippen LogP) is 4.21. The Morgan fingerprint density at radius 1 is 1.26 bits per heavy atom. The molecule has 0 amide bonds. The molecule has 3 N–H and O–H groups in total. The molecule has 1 unspecified atom stereocenters. The number of aromatic amines is 1. The van der Waals surface area contributed by atoms with Crippen LogP contribution in [-0.2, 0) is 5.54 Å². The molecule has 3 aromatic rings. The molecule has 3 rings (SSSR count). The maximum absolute atomic E-state index is 13.9. The average Bonchev–Trinajstić information content (AvgIpc) is 3.34. The molecule has 0 saturated carbocycles. The zero-order valence-corrected chi connectivity index (χ0v) is 15.2. The highest BCUT2D eigenvalue weighted by Crippen LogP contribution is 2.26. The first-order chi connectivity index (χ1) is 13.0. The normalized spacial score (nSPS) is 13.4. The van der Waals surface area contributed by atoms with Gasteiger partial charge in [0.25, 0.3) is 0 Å². The summed E-state index contributed by atoms with van der Waals surface area (Å²) < 4.78 is 18.6. The molecular weight excluding hydrogens is 347 g/mol. The molecule has 0 saturated heterocycles. The van der Waals surface area contributed by atoms with E-state index in [0.29, 0.717) is 35.6 Å². The smallest absolute Gasteiger partial charge is 0.184 e. The Labute approximate surface area is 157 Å².